The Kier molecular flexibility index (Phi) is 5.69. The van der Waals surface area contributed by atoms with Gasteiger partial charge >= 0.3 is 0 Å². The first-order chi connectivity index (χ1) is 3.27. The van der Waals surface area contributed by atoms with E-state index in [0.717, 1.165) is 12.1 Å². The quantitative estimate of drug-likeness (QED) is 0.281. The summed E-state index contributed by atoms with van der Waals surface area (Å²) in [7, 11) is 0. The molecular formula is CH4N2S4. The molecule has 0 bridgehead atoms. The van der Waals surface area contributed by atoms with Gasteiger partial charge in [-0.1, -0.05) is 25.0 Å². The zero-order chi connectivity index (χ0) is 5.70. The second-order valence-corrected chi connectivity index (χ2v) is 2.90. The molecule has 0 radical (unpaired) electrons. The van der Waals surface area contributed by atoms with Crippen molar-refractivity contribution >= 4 is 54.1 Å². The van der Waals surface area contributed by atoms with Crippen LogP contribution in [0.15, 0.2) is 0 Å². The van der Waals surface area contributed by atoms with Crippen LogP contribution in [0.1, 0.15) is 0 Å². The van der Waals surface area contributed by atoms with Crippen molar-refractivity contribution in [2.45, 2.75) is 0 Å². The van der Waals surface area contributed by atoms with Crippen LogP contribution < -0.4 is 8.85 Å². The normalized spacial score (nSPS) is 8.29. The molecule has 0 amide bonds. The number of thiol groups is 2. The molecule has 7 heavy (non-hydrogen) atoms. The van der Waals surface area contributed by atoms with Crippen LogP contribution in [0.2, 0.25) is 0 Å². The second kappa shape index (κ2) is 5.04. The summed E-state index contributed by atoms with van der Waals surface area (Å²) in [6, 6.07) is 0. The molecule has 42 valence electrons. The Balaban J connectivity index is 2.82. The highest BCUT2D eigenvalue weighted by Crippen LogP contribution is 1.88. The van der Waals surface area contributed by atoms with E-state index in [4.69, 9.17) is 0 Å². The molecular weight excluding hydrogens is 168 g/mol. The van der Waals surface area contributed by atoms with E-state index in [1.165, 1.54) is 0 Å². The van der Waals surface area contributed by atoms with Gasteiger partial charge in [0.1, 0.15) is 4.32 Å². The summed E-state index contributed by atoms with van der Waals surface area (Å²) < 4.78 is 5.52. The van der Waals surface area contributed by atoms with Crippen LogP contribution in [0.5, 0.6) is 0 Å². The molecule has 0 saturated carbocycles. The van der Waals surface area contributed by atoms with Gasteiger partial charge in [0, 0.05) is 12.1 Å². The molecule has 0 saturated heterocycles. The third kappa shape index (κ3) is 6.90. The Morgan fingerprint density at radius 2 is 2.29 bits per heavy atom. The Morgan fingerprint density at radius 3 is 2.43 bits per heavy atom. The molecule has 6 heteroatoms. The molecule has 0 spiro atoms. The lowest BCUT2D eigenvalue weighted by atomic mass is 11.5. The minimum Gasteiger partial charge on any atom is -0.302 e. The summed E-state index contributed by atoms with van der Waals surface area (Å²) in [5.74, 6) is 0. The van der Waals surface area contributed by atoms with E-state index in [9.17, 15) is 0 Å². The Labute approximate surface area is 63.0 Å². The van der Waals surface area contributed by atoms with Crippen LogP contribution >= 0.6 is 49.8 Å². The molecule has 2 N–H and O–H groups in total. The molecule has 0 fully saturated rings. The lowest BCUT2D eigenvalue weighted by Crippen LogP contribution is -2.08. The molecule has 0 unspecified atom stereocenters. The first-order valence-corrected chi connectivity index (χ1v) is 3.43. The molecule has 2 nitrogen and oxygen atoms in total. The lowest BCUT2D eigenvalue weighted by molar-refractivity contribution is 1.58. The SMILES string of the molecule is S=C(S)NSNS. The van der Waals surface area contributed by atoms with Gasteiger partial charge in [-0.05, 0) is 0 Å². The molecule has 0 aromatic rings. The third-order valence-electron chi connectivity index (χ3n) is 0.184. The maximum absolute atomic E-state index is 4.52. The fourth-order valence-electron chi connectivity index (χ4n) is 0.0665. The predicted molar refractivity (Wildman–Crippen MR) is 44.4 cm³/mol. The van der Waals surface area contributed by atoms with Gasteiger partial charge in [0.2, 0.25) is 0 Å². The zero-order valence-corrected chi connectivity index (χ0v) is 6.63. The maximum Gasteiger partial charge on any atom is 0.141 e. The smallest absolute Gasteiger partial charge is 0.141 e. The van der Waals surface area contributed by atoms with Gasteiger partial charge < -0.3 is 4.72 Å². The number of thiocarbonyl (C=S) groups is 1. The van der Waals surface area contributed by atoms with Gasteiger partial charge in [-0.25, -0.2) is 0 Å². The third-order valence-corrected chi connectivity index (χ3v) is 1.35. The van der Waals surface area contributed by atoms with Gasteiger partial charge in [-0.15, -0.1) is 12.6 Å². The van der Waals surface area contributed by atoms with Crippen molar-refractivity contribution in [3.05, 3.63) is 0 Å². The minimum absolute atomic E-state index is 0.437. The van der Waals surface area contributed by atoms with E-state index < -0.39 is 0 Å². The van der Waals surface area contributed by atoms with Gasteiger partial charge in [-0.2, -0.15) is 4.13 Å². The Morgan fingerprint density at radius 1 is 1.71 bits per heavy atom. The van der Waals surface area contributed by atoms with E-state index in [2.05, 4.69) is 46.5 Å². The van der Waals surface area contributed by atoms with Crippen LogP contribution in [0.3, 0.4) is 0 Å². The average molecular weight is 172 g/mol. The molecule has 0 aliphatic carbocycles. The minimum atomic E-state index is 0.437. The largest absolute Gasteiger partial charge is 0.302 e. The van der Waals surface area contributed by atoms with E-state index in [1.807, 2.05) is 0 Å². The molecule has 0 aromatic carbocycles. The van der Waals surface area contributed by atoms with Gasteiger partial charge in [0.25, 0.3) is 0 Å². The van der Waals surface area contributed by atoms with Crippen molar-refractivity contribution in [2.75, 3.05) is 0 Å². The average Bonchev–Trinajstić information content (AvgIpc) is 1.61. The highest BCUT2D eigenvalue weighted by Gasteiger charge is 1.80. The number of rotatable bonds is 2. The monoisotopic (exact) mass is 172 g/mol. The fourth-order valence-corrected chi connectivity index (χ4v) is 0.598. The Bertz CT molecular complexity index is 62.7. The van der Waals surface area contributed by atoms with Crippen LogP contribution in [0.25, 0.3) is 0 Å². The number of hydrogen-bond acceptors (Lipinski definition) is 4. The molecule has 0 aliphatic rings. The zero-order valence-electron chi connectivity index (χ0n) is 3.21. The van der Waals surface area contributed by atoms with Crippen LogP contribution in [-0.4, -0.2) is 4.32 Å². The molecule has 0 heterocycles. The van der Waals surface area contributed by atoms with Gasteiger partial charge in [0.15, 0.2) is 0 Å². The highest BCUT2D eigenvalue weighted by atomic mass is 32.2. The lowest BCUT2D eigenvalue weighted by Gasteiger charge is -1.94. The van der Waals surface area contributed by atoms with Crippen molar-refractivity contribution < 1.29 is 0 Å². The number of hydrogen-bond donors (Lipinski definition) is 4. The first kappa shape index (κ1) is 7.90. The highest BCUT2D eigenvalue weighted by molar-refractivity contribution is 8.14. The summed E-state index contributed by atoms with van der Waals surface area (Å²) >= 11 is 13.1. The van der Waals surface area contributed by atoms with E-state index in [1.54, 1.807) is 0 Å². The van der Waals surface area contributed by atoms with Gasteiger partial charge in [0.05, 0.1) is 0 Å². The second-order valence-electron chi connectivity index (χ2n) is 0.601. The van der Waals surface area contributed by atoms with E-state index >= 15 is 0 Å². The van der Waals surface area contributed by atoms with Crippen LogP contribution in [0, 0.1) is 0 Å². The molecule has 0 rings (SSSR count). The summed E-state index contributed by atoms with van der Waals surface area (Å²) in [4.78, 5) is 0. The summed E-state index contributed by atoms with van der Waals surface area (Å²) in [6.07, 6.45) is 0. The molecule has 0 atom stereocenters. The van der Waals surface area contributed by atoms with Crippen molar-refractivity contribution in [1.82, 2.24) is 8.85 Å². The summed E-state index contributed by atoms with van der Waals surface area (Å²) in [5.41, 5.74) is 0. The first-order valence-electron chi connectivity index (χ1n) is 1.31. The van der Waals surface area contributed by atoms with E-state index in [-0.39, 0.29) is 0 Å². The van der Waals surface area contributed by atoms with Crippen molar-refractivity contribution in [1.29, 1.82) is 0 Å². The van der Waals surface area contributed by atoms with Crippen LogP contribution in [0.4, 0.5) is 0 Å². The topological polar surface area (TPSA) is 24.1 Å². The summed E-state index contributed by atoms with van der Waals surface area (Å²) in [6.45, 7) is 0. The van der Waals surface area contributed by atoms with E-state index in [0.29, 0.717) is 4.32 Å². The number of nitrogens with one attached hydrogen (secondary N) is 2. The standard InChI is InChI=1S/CH4N2S4/c4-1(5)2-7-3-6/h3,6H,(H2,2,4,5). The molecule has 0 aromatic heterocycles. The molecule has 0 aliphatic heterocycles. The van der Waals surface area contributed by atoms with Crippen LogP contribution in [-0.2, 0) is 0 Å². The van der Waals surface area contributed by atoms with Crippen molar-refractivity contribution in [3.63, 3.8) is 0 Å². The fraction of sp³-hybridized carbons (Fsp3) is 0. The Hall–Kier alpha value is 0.900. The van der Waals surface area contributed by atoms with Crippen molar-refractivity contribution in [2.24, 2.45) is 0 Å². The predicted octanol–water partition coefficient (Wildman–Crippen LogP) is 0.788. The van der Waals surface area contributed by atoms with Gasteiger partial charge in [-0.3, -0.25) is 0 Å². The van der Waals surface area contributed by atoms with Crippen molar-refractivity contribution in [3.8, 4) is 0 Å². The maximum atomic E-state index is 4.52. The summed E-state index contributed by atoms with van der Waals surface area (Å²) in [5, 5.41) is 0.